The van der Waals surface area contributed by atoms with Gasteiger partial charge in [-0.05, 0) is 27.2 Å². The zero-order valence-corrected chi connectivity index (χ0v) is 19.6. The second-order valence-electron chi connectivity index (χ2n) is 8.27. The van der Waals surface area contributed by atoms with Gasteiger partial charge < -0.3 is 19.7 Å². The molecule has 4 rings (SSSR count). The van der Waals surface area contributed by atoms with Gasteiger partial charge in [0.1, 0.15) is 24.0 Å². The Hall–Kier alpha value is -3.63. The van der Waals surface area contributed by atoms with Crippen LogP contribution in [0.4, 0.5) is 5.82 Å². The second kappa shape index (κ2) is 9.08. The van der Waals surface area contributed by atoms with Crippen molar-refractivity contribution < 1.29 is 9.59 Å². The molecule has 11 heteroatoms. The number of hydrogen-bond donors (Lipinski definition) is 1. The first-order chi connectivity index (χ1) is 15.8. The van der Waals surface area contributed by atoms with Crippen molar-refractivity contribution in [3.8, 4) is 11.4 Å². The van der Waals surface area contributed by atoms with Crippen molar-refractivity contribution in [3.05, 3.63) is 24.5 Å². The minimum absolute atomic E-state index is 0.0296. The van der Waals surface area contributed by atoms with Crippen LogP contribution >= 0.6 is 0 Å². The average molecular weight is 452 g/mol. The van der Waals surface area contributed by atoms with E-state index in [0.717, 1.165) is 5.56 Å². The molecule has 4 heterocycles. The van der Waals surface area contributed by atoms with E-state index in [2.05, 4.69) is 25.3 Å². The molecule has 2 amide bonds. The number of nitrogens with zero attached hydrogens (tertiary/aromatic N) is 8. The maximum atomic E-state index is 13.3. The Morgan fingerprint density at radius 2 is 1.94 bits per heavy atom. The lowest BCUT2D eigenvalue weighted by Gasteiger charge is -2.38. The molecule has 1 unspecified atom stereocenters. The Morgan fingerprint density at radius 1 is 1.21 bits per heavy atom. The van der Waals surface area contributed by atoms with Gasteiger partial charge in [-0.3, -0.25) is 9.59 Å². The van der Waals surface area contributed by atoms with Crippen LogP contribution in [-0.2, 0) is 16.1 Å². The second-order valence-corrected chi connectivity index (χ2v) is 8.27. The molecule has 0 radical (unpaired) electrons. The lowest BCUT2D eigenvalue weighted by molar-refractivity contribution is -0.147. The smallest absolute Gasteiger partial charge is 0.245 e. The largest absolute Gasteiger partial charge is 0.356 e. The summed E-state index contributed by atoms with van der Waals surface area (Å²) in [7, 11) is 1.77. The summed E-state index contributed by atoms with van der Waals surface area (Å²) < 4.78 is 1.97. The fourth-order valence-corrected chi connectivity index (χ4v) is 3.99. The highest BCUT2D eigenvalue weighted by Crippen LogP contribution is 2.27. The zero-order valence-electron chi connectivity index (χ0n) is 19.6. The predicted molar refractivity (Wildman–Crippen MR) is 123 cm³/mol. The molecule has 1 aliphatic rings. The first-order valence-electron chi connectivity index (χ1n) is 11.1. The van der Waals surface area contributed by atoms with Crippen molar-refractivity contribution in [2.24, 2.45) is 0 Å². The predicted octanol–water partition coefficient (Wildman–Crippen LogP) is 1.49. The summed E-state index contributed by atoms with van der Waals surface area (Å²) in [6.45, 7) is 8.94. The summed E-state index contributed by atoms with van der Waals surface area (Å²) in [5.41, 5.74) is 2.01. The van der Waals surface area contributed by atoms with E-state index in [1.165, 1.54) is 6.33 Å². The number of rotatable bonds is 6. The summed E-state index contributed by atoms with van der Waals surface area (Å²) in [5, 5.41) is 3.26. The first kappa shape index (κ1) is 22.6. The van der Waals surface area contributed by atoms with Gasteiger partial charge in [-0.25, -0.2) is 24.9 Å². The van der Waals surface area contributed by atoms with Gasteiger partial charge in [0, 0.05) is 38.6 Å². The number of piperazine rings is 1. The number of likely N-dealkylation sites (N-methyl/N-ethyl adjacent to an activating group) is 1. The van der Waals surface area contributed by atoms with Crippen LogP contribution in [-0.4, -0.2) is 83.3 Å². The Kier molecular flexibility index (Phi) is 6.21. The van der Waals surface area contributed by atoms with Gasteiger partial charge >= 0.3 is 0 Å². The van der Waals surface area contributed by atoms with Gasteiger partial charge in [0.25, 0.3) is 0 Å². The highest BCUT2D eigenvalue weighted by molar-refractivity contribution is 5.92. The normalized spacial score (nSPS) is 17.5. The number of nitrogens with one attached hydrogen (secondary N) is 1. The maximum absolute atomic E-state index is 13.3. The van der Waals surface area contributed by atoms with Gasteiger partial charge in [0.15, 0.2) is 17.0 Å². The van der Waals surface area contributed by atoms with Crippen molar-refractivity contribution in [2.75, 3.05) is 25.5 Å². The maximum Gasteiger partial charge on any atom is 0.245 e. The lowest BCUT2D eigenvalue weighted by atomic mass is 10.1. The number of aryl methyl sites for hydroxylation is 2. The Morgan fingerprint density at radius 3 is 2.58 bits per heavy atom. The van der Waals surface area contributed by atoms with Gasteiger partial charge in [0.05, 0.1) is 12.1 Å². The van der Waals surface area contributed by atoms with E-state index in [1.54, 1.807) is 29.2 Å². The lowest BCUT2D eigenvalue weighted by Crippen LogP contribution is -2.57. The molecule has 0 saturated carbocycles. The van der Waals surface area contributed by atoms with Crippen LogP contribution in [0.3, 0.4) is 0 Å². The quantitative estimate of drug-likeness (QED) is 0.598. The van der Waals surface area contributed by atoms with Crippen molar-refractivity contribution in [1.29, 1.82) is 0 Å². The van der Waals surface area contributed by atoms with E-state index in [-0.39, 0.29) is 24.4 Å². The van der Waals surface area contributed by atoms with E-state index >= 15 is 0 Å². The molecule has 11 nitrogen and oxygen atoms in total. The van der Waals surface area contributed by atoms with Crippen LogP contribution in [0, 0.1) is 6.92 Å². The number of carbonyl (C=O) groups excluding carboxylic acids is 2. The molecule has 2 atom stereocenters. The third-order valence-corrected chi connectivity index (χ3v) is 6.08. The Bertz CT molecular complexity index is 1170. The number of amides is 2. The molecule has 1 N–H and O–H groups in total. The molecular weight excluding hydrogens is 422 g/mol. The third kappa shape index (κ3) is 4.22. The number of fused-ring (bicyclic) bond motifs is 1. The third-order valence-electron chi connectivity index (χ3n) is 6.08. The van der Waals surface area contributed by atoms with Crippen LogP contribution in [0.1, 0.15) is 33.0 Å². The minimum Gasteiger partial charge on any atom is -0.356 e. The molecule has 0 spiro atoms. The van der Waals surface area contributed by atoms with Crippen LogP contribution in [0.5, 0.6) is 0 Å². The Labute approximate surface area is 192 Å². The van der Waals surface area contributed by atoms with Crippen molar-refractivity contribution in [3.63, 3.8) is 0 Å². The molecule has 1 fully saturated rings. The molecule has 3 aromatic rings. The summed E-state index contributed by atoms with van der Waals surface area (Å²) in [4.78, 5) is 51.0. The fraction of sp³-hybridized carbons (Fsp3) is 0.500. The topological polar surface area (TPSA) is 122 Å². The number of anilines is 1. The SMILES string of the molecule is CCC(Nc1ncnc2c1nc(-c1cnc(C)nc1)n2CC)C(=O)N1CC(=O)N(C)[C@@H](C)C1. The molecule has 0 bridgehead atoms. The van der Waals surface area contributed by atoms with Crippen molar-refractivity contribution in [2.45, 2.75) is 52.7 Å². The molecule has 1 aliphatic heterocycles. The number of imidazole rings is 1. The van der Waals surface area contributed by atoms with Crippen LogP contribution in [0.25, 0.3) is 22.6 Å². The zero-order chi connectivity index (χ0) is 23.7. The molecule has 0 aliphatic carbocycles. The molecule has 174 valence electrons. The monoisotopic (exact) mass is 451 g/mol. The summed E-state index contributed by atoms with van der Waals surface area (Å²) in [6.07, 6.45) is 5.47. The first-order valence-corrected chi connectivity index (χ1v) is 11.1. The molecule has 3 aromatic heterocycles. The van der Waals surface area contributed by atoms with Crippen LogP contribution in [0.2, 0.25) is 0 Å². The highest BCUT2D eigenvalue weighted by Gasteiger charge is 2.33. The van der Waals surface area contributed by atoms with E-state index in [4.69, 9.17) is 4.98 Å². The minimum atomic E-state index is -0.538. The summed E-state index contributed by atoms with van der Waals surface area (Å²) in [6, 6.07) is -0.567. The Balaban J connectivity index is 1.66. The van der Waals surface area contributed by atoms with Crippen molar-refractivity contribution >= 4 is 28.8 Å². The molecular formula is C22H29N9O2. The van der Waals surface area contributed by atoms with Gasteiger partial charge in [-0.2, -0.15) is 0 Å². The van der Waals surface area contributed by atoms with Crippen LogP contribution < -0.4 is 5.32 Å². The fourth-order valence-electron chi connectivity index (χ4n) is 3.99. The standard InChI is InChI=1S/C22H29N9O2/c1-6-16(22(33)30-10-13(3)29(5)17(32)11-30)27-19-18-21(26-12-25-19)31(7-2)20(28-18)15-8-23-14(4)24-9-15/h8-9,12-13,16H,6-7,10-11H2,1-5H3,(H,25,26,27)/t13-,16?/m0/s1. The molecule has 1 saturated heterocycles. The molecule has 0 aromatic carbocycles. The van der Waals surface area contributed by atoms with Crippen molar-refractivity contribution in [1.82, 2.24) is 39.3 Å². The number of carbonyl (C=O) groups is 2. The van der Waals surface area contributed by atoms with Gasteiger partial charge in [0.2, 0.25) is 11.8 Å². The molecule has 33 heavy (non-hydrogen) atoms. The van der Waals surface area contributed by atoms with E-state index in [0.29, 0.717) is 48.1 Å². The average Bonchev–Trinajstić information content (AvgIpc) is 3.20. The van der Waals surface area contributed by atoms with Crippen LogP contribution in [0.15, 0.2) is 18.7 Å². The van der Waals surface area contributed by atoms with E-state index in [9.17, 15) is 9.59 Å². The van der Waals surface area contributed by atoms with E-state index < -0.39 is 6.04 Å². The van der Waals surface area contributed by atoms with Gasteiger partial charge in [-0.1, -0.05) is 6.92 Å². The summed E-state index contributed by atoms with van der Waals surface area (Å²) >= 11 is 0. The highest BCUT2D eigenvalue weighted by atomic mass is 16.2. The number of aromatic nitrogens is 6. The number of hydrogen-bond acceptors (Lipinski definition) is 8. The van der Waals surface area contributed by atoms with Gasteiger partial charge in [-0.15, -0.1) is 0 Å². The van der Waals surface area contributed by atoms with E-state index in [1.807, 2.05) is 32.3 Å². The summed E-state index contributed by atoms with van der Waals surface area (Å²) in [5.74, 6) is 1.66.